The van der Waals surface area contributed by atoms with Gasteiger partial charge in [-0.1, -0.05) is 12.0 Å². The summed E-state index contributed by atoms with van der Waals surface area (Å²) in [5.74, 6) is 0. The van der Waals surface area contributed by atoms with Crippen molar-refractivity contribution in [1.29, 1.82) is 0 Å². The van der Waals surface area contributed by atoms with Crippen LogP contribution in [0, 0.1) is 0 Å². The van der Waals surface area contributed by atoms with E-state index in [4.69, 9.17) is 15.0 Å². The van der Waals surface area contributed by atoms with Crippen molar-refractivity contribution in [2.75, 3.05) is 14.2 Å². The summed E-state index contributed by atoms with van der Waals surface area (Å²) in [6.45, 7) is 1.72. The maximum atomic E-state index is 8.02. The van der Waals surface area contributed by atoms with Crippen molar-refractivity contribution in [2.45, 2.75) is 19.3 Å². The van der Waals surface area contributed by atoms with Crippen LogP contribution in [0.3, 0.4) is 0 Å². The molecule has 10 heavy (non-hydrogen) atoms. The lowest BCUT2D eigenvalue weighted by molar-refractivity contribution is -0.112. The molecule has 5 nitrogen and oxygen atoms in total. The van der Waals surface area contributed by atoms with E-state index in [9.17, 15) is 0 Å². The molecular weight excluding hydrogens is 134 g/mol. The van der Waals surface area contributed by atoms with Crippen molar-refractivity contribution in [2.24, 2.45) is 5.11 Å². The molecule has 0 N–H and O–H groups in total. The lowest BCUT2D eigenvalue weighted by Gasteiger charge is -2.15. The Labute approximate surface area is 59.6 Å². The van der Waals surface area contributed by atoms with Crippen LogP contribution < -0.4 is 0 Å². The fourth-order valence-corrected chi connectivity index (χ4v) is 0.626. The first-order valence-electron chi connectivity index (χ1n) is 2.86. The van der Waals surface area contributed by atoms with Gasteiger partial charge in [-0.05, 0) is 5.53 Å². The van der Waals surface area contributed by atoms with Crippen LogP contribution in [-0.4, -0.2) is 26.6 Å². The van der Waals surface area contributed by atoms with E-state index in [-0.39, 0.29) is 6.04 Å². The standard InChI is InChI=1S/C5H11N3O2/c1-4(7-8-6)5(9-2)10-3/h4-5H,1-3H3. The summed E-state index contributed by atoms with van der Waals surface area (Å²) in [4.78, 5) is 2.62. The van der Waals surface area contributed by atoms with E-state index in [1.54, 1.807) is 6.92 Å². The fraction of sp³-hybridized carbons (Fsp3) is 1.00. The lowest BCUT2D eigenvalue weighted by Crippen LogP contribution is -2.24. The average Bonchev–Trinajstić information content (AvgIpc) is 1.91. The van der Waals surface area contributed by atoms with Crippen LogP contribution in [0.1, 0.15) is 6.92 Å². The van der Waals surface area contributed by atoms with Gasteiger partial charge in [0.25, 0.3) is 0 Å². The first-order chi connectivity index (χ1) is 4.76. The Bertz CT molecular complexity index is 129. The van der Waals surface area contributed by atoms with Gasteiger partial charge in [-0.15, -0.1) is 0 Å². The predicted molar refractivity (Wildman–Crippen MR) is 36.4 cm³/mol. The first kappa shape index (κ1) is 9.23. The molecule has 0 rings (SSSR count). The molecule has 58 valence electrons. The molecule has 0 spiro atoms. The van der Waals surface area contributed by atoms with Crippen molar-refractivity contribution in [3.05, 3.63) is 10.4 Å². The minimum Gasteiger partial charge on any atom is -0.355 e. The molecule has 0 aromatic heterocycles. The molecule has 0 aliphatic heterocycles. The van der Waals surface area contributed by atoms with Crippen LogP contribution >= 0.6 is 0 Å². The highest BCUT2D eigenvalue weighted by Crippen LogP contribution is 2.02. The Morgan fingerprint density at radius 1 is 1.40 bits per heavy atom. The second-order valence-corrected chi connectivity index (χ2v) is 1.79. The van der Waals surface area contributed by atoms with Crippen molar-refractivity contribution in [3.63, 3.8) is 0 Å². The number of methoxy groups -OCH3 is 2. The Morgan fingerprint density at radius 3 is 2.20 bits per heavy atom. The van der Waals surface area contributed by atoms with Gasteiger partial charge in [-0.25, -0.2) is 0 Å². The minimum absolute atomic E-state index is 0.292. The lowest BCUT2D eigenvalue weighted by atomic mass is 10.3. The molecule has 5 heteroatoms. The second-order valence-electron chi connectivity index (χ2n) is 1.79. The number of hydrogen-bond acceptors (Lipinski definition) is 3. The summed E-state index contributed by atoms with van der Waals surface area (Å²) < 4.78 is 9.65. The summed E-state index contributed by atoms with van der Waals surface area (Å²) in [7, 11) is 3.00. The van der Waals surface area contributed by atoms with Gasteiger partial charge in [0.2, 0.25) is 0 Å². The molecule has 0 fully saturated rings. The highest BCUT2D eigenvalue weighted by atomic mass is 16.7. The van der Waals surface area contributed by atoms with Crippen molar-refractivity contribution in [1.82, 2.24) is 0 Å². The Kier molecular flexibility index (Phi) is 4.66. The second kappa shape index (κ2) is 5.05. The van der Waals surface area contributed by atoms with Gasteiger partial charge in [0.05, 0.1) is 6.04 Å². The van der Waals surface area contributed by atoms with E-state index in [0.717, 1.165) is 0 Å². The van der Waals surface area contributed by atoms with Crippen molar-refractivity contribution < 1.29 is 9.47 Å². The van der Waals surface area contributed by atoms with Gasteiger partial charge in [0.1, 0.15) is 0 Å². The maximum absolute atomic E-state index is 8.02. The van der Waals surface area contributed by atoms with Gasteiger partial charge < -0.3 is 9.47 Å². The molecule has 0 aromatic carbocycles. The first-order valence-corrected chi connectivity index (χ1v) is 2.86. The molecule has 0 bridgehead atoms. The Hall–Kier alpha value is -0.770. The van der Waals surface area contributed by atoms with Crippen LogP contribution in [0.25, 0.3) is 10.4 Å². The van der Waals surface area contributed by atoms with Gasteiger partial charge in [-0.3, -0.25) is 0 Å². The largest absolute Gasteiger partial charge is 0.355 e. The Morgan fingerprint density at radius 2 is 1.90 bits per heavy atom. The van der Waals surface area contributed by atoms with E-state index in [2.05, 4.69) is 10.0 Å². The molecule has 1 atom stereocenters. The van der Waals surface area contributed by atoms with E-state index in [1.165, 1.54) is 14.2 Å². The molecule has 0 radical (unpaired) electrons. The number of rotatable bonds is 4. The van der Waals surface area contributed by atoms with Gasteiger partial charge >= 0.3 is 0 Å². The minimum atomic E-state index is -0.448. The van der Waals surface area contributed by atoms with E-state index in [0.29, 0.717) is 0 Å². The molecule has 0 saturated carbocycles. The van der Waals surface area contributed by atoms with Gasteiger partial charge in [0.15, 0.2) is 6.29 Å². The van der Waals surface area contributed by atoms with E-state index >= 15 is 0 Å². The normalized spacial score (nSPS) is 12.8. The SMILES string of the molecule is COC(OC)C(C)N=[N+]=[N-]. The summed E-state index contributed by atoms with van der Waals surface area (Å²) in [6.07, 6.45) is -0.448. The maximum Gasteiger partial charge on any atom is 0.164 e. The molecule has 0 heterocycles. The number of ether oxygens (including phenoxy) is 2. The molecule has 0 aromatic rings. The summed E-state index contributed by atoms with van der Waals surface area (Å²) in [5.41, 5.74) is 8.02. The molecule has 0 saturated heterocycles. The van der Waals surface area contributed by atoms with Crippen LogP contribution in [0.15, 0.2) is 5.11 Å². The highest BCUT2D eigenvalue weighted by molar-refractivity contribution is 4.63. The summed E-state index contributed by atoms with van der Waals surface area (Å²) in [5, 5.41) is 3.40. The van der Waals surface area contributed by atoms with Crippen LogP contribution in [-0.2, 0) is 9.47 Å². The number of nitrogens with zero attached hydrogens (tertiary/aromatic N) is 3. The van der Waals surface area contributed by atoms with Gasteiger partial charge in [0, 0.05) is 19.1 Å². The van der Waals surface area contributed by atoms with E-state index < -0.39 is 6.29 Å². The van der Waals surface area contributed by atoms with Crippen molar-refractivity contribution in [3.8, 4) is 0 Å². The summed E-state index contributed by atoms with van der Waals surface area (Å²) in [6, 6.07) is -0.292. The average molecular weight is 145 g/mol. The van der Waals surface area contributed by atoms with Crippen LogP contribution in [0.2, 0.25) is 0 Å². The third kappa shape index (κ3) is 2.68. The number of hydrogen-bond donors (Lipinski definition) is 0. The zero-order valence-electron chi connectivity index (χ0n) is 6.31. The monoisotopic (exact) mass is 145 g/mol. The van der Waals surface area contributed by atoms with Gasteiger partial charge in [-0.2, -0.15) is 0 Å². The van der Waals surface area contributed by atoms with Crippen LogP contribution in [0.5, 0.6) is 0 Å². The predicted octanol–water partition coefficient (Wildman–Crippen LogP) is 1.30. The fourth-order valence-electron chi connectivity index (χ4n) is 0.626. The zero-order chi connectivity index (χ0) is 7.98. The number of azide groups is 1. The van der Waals surface area contributed by atoms with Crippen molar-refractivity contribution >= 4 is 0 Å². The van der Waals surface area contributed by atoms with E-state index in [1.807, 2.05) is 0 Å². The molecule has 0 aliphatic rings. The topological polar surface area (TPSA) is 67.2 Å². The molecule has 1 unspecified atom stereocenters. The third-order valence-electron chi connectivity index (χ3n) is 1.09. The third-order valence-corrected chi connectivity index (χ3v) is 1.09. The highest BCUT2D eigenvalue weighted by Gasteiger charge is 2.12. The molecule has 0 aliphatic carbocycles. The smallest absolute Gasteiger partial charge is 0.164 e. The quantitative estimate of drug-likeness (QED) is 0.259. The zero-order valence-corrected chi connectivity index (χ0v) is 6.31. The molecular formula is C5H11N3O2. The molecule has 0 amide bonds. The Balaban J connectivity index is 3.87. The van der Waals surface area contributed by atoms with Crippen LogP contribution in [0.4, 0.5) is 0 Å². The summed E-state index contributed by atoms with van der Waals surface area (Å²) >= 11 is 0.